The highest BCUT2D eigenvalue weighted by Gasteiger charge is 2.29. The number of benzene rings is 2. The lowest BCUT2D eigenvalue weighted by Gasteiger charge is -2.42. The van der Waals surface area contributed by atoms with Crippen molar-refractivity contribution in [1.82, 2.24) is 24.7 Å². The van der Waals surface area contributed by atoms with E-state index in [0.29, 0.717) is 65.9 Å². The molecule has 4 heterocycles. The zero-order chi connectivity index (χ0) is 33.5. The molecule has 6 rings (SSSR count). The number of piperazine rings is 1. The molecule has 0 saturated carbocycles. The predicted molar refractivity (Wildman–Crippen MR) is 185 cm³/mol. The van der Waals surface area contributed by atoms with Gasteiger partial charge in [-0.25, -0.2) is 4.98 Å². The Kier molecular flexibility index (Phi) is 10.6. The van der Waals surface area contributed by atoms with Gasteiger partial charge >= 0.3 is 0 Å². The minimum atomic E-state index is -0.318. The second kappa shape index (κ2) is 15.4. The Balaban J connectivity index is 1.17. The molecule has 3 aromatic rings. The molecule has 0 spiro atoms. The fraction of sp³-hybridized carbons (Fsp3) is 0.389. The van der Waals surface area contributed by atoms with E-state index in [1.807, 2.05) is 17.0 Å². The molecule has 2 saturated heterocycles. The lowest BCUT2D eigenvalue weighted by Crippen LogP contribution is -2.52. The van der Waals surface area contributed by atoms with Gasteiger partial charge in [0.05, 0.1) is 31.6 Å². The number of piperidine rings is 1. The first-order valence-electron chi connectivity index (χ1n) is 16.4. The third-order valence-electron chi connectivity index (χ3n) is 9.07. The summed E-state index contributed by atoms with van der Waals surface area (Å²) in [5.41, 5.74) is 3.52. The van der Waals surface area contributed by atoms with Gasteiger partial charge in [0.15, 0.2) is 0 Å². The van der Waals surface area contributed by atoms with E-state index in [1.54, 1.807) is 49.7 Å². The van der Waals surface area contributed by atoms with Crippen LogP contribution in [0, 0.1) is 0 Å². The number of nitrogens with zero attached hydrogens (tertiary/aromatic N) is 5. The van der Waals surface area contributed by atoms with E-state index in [9.17, 15) is 9.59 Å². The topological polar surface area (TPSA) is 121 Å². The minimum absolute atomic E-state index is 0.00390. The molecule has 252 valence electrons. The number of amides is 2. The van der Waals surface area contributed by atoms with Crippen molar-refractivity contribution in [3.05, 3.63) is 78.5 Å². The van der Waals surface area contributed by atoms with Crippen LogP contribution in [0.1, 0.15) is 35.2 Å². The molecular weight excluding hydrogens is 610 g/mol. The second-order valence-corrected chi connectivity index (χ2v) is 12.2. The van der Waals surface area contributed by atoms with Crippen LogP contribution < -0.4 is 20.1 Å². The van der Waals surface area contributed by atoms with Gasteiger partial charge in [0.1, 0.15) is 11.5 Å². The van der Waals surface area contributed by atoms with Crippen LogP contribution in [-0.4, -0.2) is 109 Å². The molecule has 48 heavy (non-hydrogen) atoms. The number of methoxy groups -OCH3 is 1. The van der Waals surface area contributed by atoms with Gasteiger partial charge in [-0.1, -0.05) is 18.7 Å². The number of anilines is 3. The molecule has 0 radical (unpaired) electrons. The molecule has 0 atom stereocenters. The van der Waals surface area contributed by atoms with Gasteiger partial charge in [-0.15, -0.1) is 0 Å². The summed E-state index contributed by atoms with van der Waals surface area (Å²) in [6, 6.07) is 13.0. The van der Waals surface area contributed by atoms with Gasteiger partial charge in [0, 0.05) is 68.8 Å². The summed E-state index contributed by atoms with van der Waals surface area (Å²) in [5, 5.41) is 5.99. The van der Waals surface area contributed by atoms with Gasteiger partial charge in [-0.3, -0.25) is 14.5 Å². The lowest BCUT2D eigenvalue weighted by molar-refractivity contribution is -0.111. The predicted octanol–water partition coefficient (Wildman–Crippen LogP) is 4.80. The van der Waals surface area contributed by atoms with E-state index < -0.39 is 0 Å². The van der Waals surface area contributed by atoms with Crippen LogP contribution in [0.4, 0.5) is 17.3 Å². The normalized spacial score (nSPS) is 17.7. The van der Waals surface area contributed by atoms with Crippen molar-refractivity contribution in [2.24, 2.45) is 0 Å². The number of nitrogens with one attached hydrogen (secondary N) is 2. The first-order valence-corrected chi connectivity index (χ1v) is 16.4. The number of carbonyl (C=O) groups excluding carboxylic acids is 2. The average molecular weight is 654 g/mol. The van der Waals surface area contributed by atoms with Gasteiger partial charge in [-0.05, 0) is 68.3 Å². The largest absolute Gasteiger partial charge is 0.495 e. The SMILES string of the molecule is C=CC(=O)Nc1cccc(Oc2nc(Nc3ccc(C(=O)N4CCC(N5CCN(C)CC5)CC4)cc3OC)ncc2C2=CCOCC2)c1. The molecule has 3 aliphatic heterocycles. The molecule has 0 aliphatic carbocycles. The Morgan fingerprint density at radius 3 is 2.60 bits per heavy atom. The van der Waals surface area contributed by atoms with Crippen LogP contribution in [0.5, 0.6) is 17.4 Å². The minimum Gasteiger partial charge on any atom is -0.495 e. The quantitative estimate of drug-likeness (QED) is 0.295. The highest BCUT2D eigenvalue weighted by atomic mass is 16.5. The summed E-state index contributed by atoms with van der Waals surface area (Å²) in [5.74, 6) is 1.31. The third kappa shape index (κ3) is 8.01. The maximum absolute atomic E-state index is 13.5. The Morgan fingerprint density at radius 1 is 1.06 bits per heavy atom. The molecule has 0 bridgehead atoms. The van der Waals surface area contributed by atoms with Crippen LogP contribution in [0.15, 0.2) is 67.4 Å². The number of likely N-dealkylation sites (tertiary alicyclic amines) is 1. The lowest BCUT2D eigenvalue weighted by atomic mass is 10.0. The monoisotopic (exact) mass is 653 g/mol. The molecule has 2 aromatic carbocycles. The zero-order valence-corrected chi connectivity index (χ0v) is 27.6. The summed E-state index contributed by atoms with van der Waals surface area (Å²) >= 11 is 0. The summed E-state index contributed by atoms with van der Waals surface area (Å²) in [7, 11) is 3.75. The average Bonchev–Trinajstić information content (AvgIpc) is 3.12. The fourth-order valence-corrected chi connectivity index (χ4v) is 6.29. The number of aromatic nitrogens is 2. The van der Waals surface area contributed by atoms with Crippen LogP contribution in [0.3, 0.4) is 0 Å². The molecule has 2 fully saturated rings. The standard InChI is InChI=1S/C36H43N7O5/c1-4-33(44)38-27-6-5-7-29(23-27)48-34-30(25-12-20-47-21-13-25)24-37-36(40-34)39-31-9-8-26(22-32(31)46-3)35(45)43-14-10-28(11-15-43)42-18-16-41(2)17-19-42/h4-9,12,22-24,28H,1,10-11,13-21H2,2-3H3,(H,38,44)(H,37,39,40). The van der Waals surface area contributed by atoms with Gasteiger partial charge in [0.25, 0.3) is 5.91 Å². The molecule has 12 nitrogen and oxygen atoms in total. The van der Waals surface area contributed by atoms with E-state index in [2.05, 4.69) is 39.0 Å². The molecule has 2 N–H and O–H groups in total. The number of likely N-dealkylation sites (N-methyl/N-ethyl adjacent to an activating group) is 1. The van der Waals surface area contributed by atoms with Gasteiger partial charge in [-0.2, -0.15) is 4.98 Å². The highest BCUT2D eigenvalue weighted by molar-refractivity contribution is 5.99. The van der Waals surface area contributed by atoms with E-state index in [1.165, 1.54) is 6.08 Å². The third-order valence-corrected chi connectivity index (χ3v) is 9.07. The van der Waals surface area contributed by atoms with Crippen molar-refractivity contribution in [2.45, 2.75) is 25.3 Å². The fourth-order valence-electron chi connectivity index (χ4n) is 6.29. The van der Waals surface area contributed by atoms with E-state index in [0.717, 1.165) is 63.2 Å². The maximum atomic E-state index is 13.5. The van der Waals surface area contributed by atoms with E-state index in [-0.39, 0.29) is 11.8 Å². The van der Waals surface area contributed by atoms with Crippen LogP contribution in [-0.2, 0) is 9.53 Å². The molecule has 1 aromatic heterocycles. The van der Waals surface area contributed by atoms with Crippen LogP contribution in [0.25, 0.3) is 5.57 Å². The Morgan fingerprint density at radius 2 is 1.88 bits per heavy atom. The van der Waals surface area contributed by atoms with E-state index >= 15 is 0 Å². The van der Waals surface area contributed by atoms with Gasteiger partial charge in [0.2, 0.25) is 17.7 Å². The number of hydrogen-bond acceptors (Lipinski definition) is 10. The summed E-state index contributed by atoms with van der Waals surface area (Å²) in [6.45, 7) is 10.5. The van der Waals surface area contributed by atoms with Crippen LogP contribution in [0.2, 0.25) is 0 Å². The zero-order valence-electron chi connectivity index (χ0n) is 27.6. The molecule has 12 heteroatoms. The Labute approximate surface area is 281 Å². The van der Waals surface area contributed by atoms with Gasteiger partial charge < -0.3 is 34.6 Å². The van der Waals surface area contributed by atoms with Crippen molar-refractivity contribution < 1.29 is 23.8 Å². The summed E-state index contributed by atoms with van der Waals surface area (Å²) in [4.78, 5) is 41.6. The smallest absolute Gasteiger partial charge is 0.253 e. The molecule has 3 aliphatic rings. The molecule has 0 unspecified atom stereocenters. The first-order chi connectivity index (χ1) is 23.4. The number of rotatable bonds is 10. The number of carbonyl (C=O) groups is 2. The van der Waals surface area contributed by atoms with Crippen molar-refractivity contribution in [3.63, 3.8) is 0 Å². The summed E-state index contributed by atoms with van der Waals surface area (Å²) in [6.07, 6.45) is 7.60. The maximum Gasteiger partial charge on any atom is 0.253 e. The summed E-state index contributed by atoms with van der Waals surface area (Å²) < 4.78 is 17.5. The Bertz CT molecular complexity index is 1660. The number of hydrogen-bond donors (Lipinski definition) is 2. The van der Waals surface area contributed by atoms with E-state index in [4.69, 9.17) is 19.2 Å². The van der Waals surface area contributed by atoms with Crippen molar-refractivity contribution >= 4 is 34.7 Å². The second-order valence-electron chi connectivity index (χ2n) is 12.2. The van der Waals surface area contributed by atoms with Crippen molar-refractivity contribution in [2.75, 3.05) is 77.3 Å². The number of ether oxygens (including phenoxy) is 3. The van der Waals surface area contributed by atoms with Crippen molar-refractivity contribution in [3.8, 4) is 17.4 Å². The van der Waals surface area contributed by atoms with Crippen molar-refractivity contribution in [1.29, 1.82) is 0 Å². The first kappa shape index (κ1) is 33.1. The molecule has 2 amide bonds. The molecular formula is C36H43N7O5. The highest BCUT2D eigenvalue weighted by Crippen LogP contribution is 2.35. The van der Waals surface area contributed by atoms with Crippen LogP contribution >= 0.6 is 0 Å². The Hall–Kier alpha value is -4.78.